The van der Waals surface area contributed by atoms with Gasteiger partial charge in [-0.3, -0.25) is 9.59 Å². The van der Waals surface area contributed by atoms with Gasteiger partial charge < -0.3 is 15.2 Å². The van der Waals surface area contributed by atoms with Gasteiger partial charge in [-0.05, 0) is 5.56 Å². The number of carboxylic acids is 1. The first-order chi connectivity index (χ1) is 9.08. The summed E-state index contributed by atoms with van der Waals surface area (Å²) in [6.07, 6.45) is 0. The fourth-order valence-electron chi connectivity index (χ4n) is 1.62. The van der Waals surface area contributed by atoms with Gasteiger partial charge in [-0.1, -0.05) is 42.1 Å². The molecular weight excluding hydrogens is 268 g/mol. The predicted octanol–water partition coefficient (Wildman–Crippen LogP) is -0.734. The maximum Gasteiger partial charge on any atom is 0.265 e. The summed E-state index contributed by atoms with van der Waals surface area (Å²) in [4.78, 5) is 37.7. The van der Waals surface area contributed by atoms with Gasteiger partial charge >= 0.3 is 0 Å². The van der Waals surface area contributed by atoms with Gasteiger partial charge in [-0.15, -0.1) is 0 Å². The lowest BCUT2D eigenvalue weighted by Crippen LogP contribution is -2.42. The number of aliphatic imine (C=N–C) groups is 1. The van der Waals surface area contributed by atoms with Crippen LogP contribution in [0.15, 0.2) is 35.3 Å². The topological polar surface area (TPSA) is 98.7 Å². The number of thioether (sulfide) groups is 1. The molecule has 19 heavy (non-hydrogen) atoms. The highest BCUT2D eigenvalue weighted by Crippen LogP contribution is 2.21. The van der Waals surface area contributed by atoms with E-state index >= 15 is 0 Å². The number of aliphatic carboxylic acids is 1. The highest BCUT2D eigenvalue weighted by atomic mass is 32.2. The molecule has 1 unspecified atom stereocenters. The van der Waals surface area contributed by atoms with Crippen LogP contribution in [0.1, 0.15) is 11.5 Å². The van der Waals surface area contributed by atoms with E-state index in [0.29, 0.717) is 5.56 Å². The molecule has 0 bridgehead atoms. The van der Waals surface area contributed by atoms with Crippen molar-refractivity contribution < 1.29 is 19.5 Å². The molecule has 0 fully saturated rings. The number of amidine groups is 1. The van der Waals surface area contributed by atoms with Crippen molar-refractivity contribution in [2.45, 2.75) is 5.92 Å². The Bertz CT molecular complexity index is 556. The van der Waals surface area contributed by atoms with Crippen LogP contribution in [-0.4, -0.2) is 28.7 Å². The van der Waals surface area contributed by atoms with E-state index in [1.165, 1.54) is 0 Å². The number of hydrogen-bond acceptors (Lipinski definition) is 5. The molecule has 0 aliphatic carbocycles. The molecule has 0 saturated heterocycles. The highest BCUT2D eigenvalue weighted by molar-refractivity contribution is 8.14. The Hall–Kier alpha value is -2.15. The van der Waals surface area contributed by atoms with Crippen LogP contribution in [-0.2, 0) is 14.4 Å². The molecule has 1 heterocycles. The molecule has 1 aromatic rings. The van der Waals surface area contributed by atoms with Gasteiger partial charge in [0.25, 0.3) is 5.91 Å². The SMILES string of the molecule is O=C([O-])CSC1=NC(=O)C(c2ccccc2)C(=O)N1. The number of rotatable bonds is 3. The molecule has 2 rings (SSSR count). The average molecular weight is 277 g/mol. The summed E-state index contributed by atoms with van der Waals surface area (Å²) < 4.78 is 0. The normalized spacial score (nSPS) is 18.7. The molecule has 6 nitrogen and oxygen atoms in total. The second-order valence-corrected chi connectivity index (χ2v) is 4.71. The molecule has 1 atom stereocenters. The summed E-state index contributed by atoms with van der Waals surface area (Å²) in [7, 11) is 0. The number of nitrogens with one attached hydrogen (secondary N) is 1. The van der Waals surface area contributed by atoms with E-state index in [4.69, 9.17) is 0 Å². The molecule has 1 aromatic carbocycles. The zero-order valence-corrected chi connectivity index (χ0v) is 10.5. The molecule has 2 amide bonds. The lowest BCUT2D eigenvalue weighted by atomic mass is 9.97. The van der Waals surface area contributed by atoms with Crippen molar-refractivity contribution in [3.05, 3.63) is 35.9 Å². The zero-order chi connectivity index (χ0) is 13.8. The number of carbonyl (C=O) groups is 3. The minimum absolute atomic E-state index is 0.00798. The largest absolute Gasteiger partial charge is 0.549 e. The Morgan fingerprint density at radius 3 is 2.58 bits per heavy atom. The number of carbonyl (C=O) groups excluding carboxylic acids is 3. The van der Waals surface area contributed by atoms with E-state index in [9.17, 15) is 19.5 Å². The molecule has 7 heteroatoms. The summed E-state index contributed by atoms with van der Waals surface area (Å²) >= 11 is 0.745. The number of amides is 2. The third-order valence-electron chi connectivity index (χ3n) is 2.41. The summed E-state index contributed by atoms with van der Waals surface area (Å²) in [6.45, 7) is 0. The van der Waals surface area contributed by atoms with Crippen LogP contribution in [0.25, 0.3) is 0 Å². The van der Waals surface area contributed by atoms with E-state index in [-0.39, 0.29) is 10.9 Å². The molecule has 98 valence electrons. The third kappa shape index (κ3) is 3.19. The van der Waals surface area contributed by atoms with Gasteiger partial charge in [-0.25, -0.2) is 0 Å². The zero-order valence-electron chi connectivity index (χ0n) is 9.66. The maximum atomic E-state index is 11.9. The van der Waals surface area contributed by atoms with Crippen LogP contribution >= 0.6 is 11.8 Å². The quantitative estimate of drug-likeness (QED) is 0.734. The summed E-state index contributed by atoms with van der Waals surface area (Å²) in [5.41, 5.74) is 0.553. The van der Waals surface area contributed by atoms with Crippen molar-refractivity contribution in [3.8, 4) is 0 Å². The van der Waals surface area contributed by atoms with Gasteiger partial charge in [0, 0.05) is 5.75 Å². The number of hydrogen-bond donors (Lipinski definition) is 1. The Kier molecular flexibility index (Phi) is 3.96. The first-order valence-electron chi connectivity index (χ1n) is 5.39. The first-order valence-corrected chi connectivity index (χ1v) is 6.37. The van der Waals surface area contributed by atoms with Crippen LogP contribution in [0, 0.1) is 0 Å². The van der Waals surface area contributed by atoms with Crippen molar-refractivity contribution in [2.24, 2.45) is 4.99 Å². The van der Waals surface area contributed by atoms with Gasteiger partial charge in [0.2, 0.25) is 5.91 Å². The van der Waals surface area contributed by atoms with E-state index in [1.807, 2.05) is 0 Å². The highest BCUT2D eigenvalue weighted by Gasteiger charge is 2.33. The molecule has 0 radical (unpaired) electrons. The molecule has 1 aliphatic rings. The molecule has 1 aliphatic heterocycles. The second kappa shape index (κ2) is 5.66. The van der Waals surface area contributed by atoms with Crippen molar-refractivity contribution in [3.63, 3.8) is 0 Å². The summed E-state index contributed by atoms with van der Waals surface area (Å²) in [5.74, 6) is -3.75. The number of carboxylic acid groups (broad SMARTS) is 1. The molecule has 0 spiro atoms. The maximum absolute atomic E-state index is 11.9. The lowest BCUT2D eigenvalue weighted by Gasteiger charge is -2.19. The van der Waals surface area contributed by atoms with Crippen LogP contribution < -0.4 is 10.4 Å². The Morgan fingerprint density at radius 2 is 2.00 bits per heavy atom. The van der Waals surface area contributed by atoms with Crippen LogP contribution in [0.5, 0.6) is 0 Å². The van der Waals surface area contributed by atoms with Gasteiger partial charge in [0.15, 0.2) is 5.17 Å². The van der Waals surface area contributed by atoms with Gasteiger partial charge in [0.1, 0.15) is 5.92 Å². The lowest BCUT2D eigenvalue weighted by molar-refractivity contribution is -0.301. The smallest absolute Gasteiger partial charge is 0.265 e. The van der Waals surface area contributed by atoms with Crippen LogP contribution in [0.2, 0.25) is 0 Å². The third-order valence-corrected chi connectivity index (χ3v) is 3.26. The predicted molar refractivity (Wildman–Crippen MR) is 67.2 cm³/mol. The van der Waals surface area contributed by atoms with Gasteiger partial charge in [0.05, 0.1) is 5.97 Å². The summed E-state index contributed by atoms with van der Waals surface area (Å²) in [6, 6.07) is 8.55. The molecular formula is C12H9N2O4S-. The minimum Gasteiger partial charge on any atom is -0.549 e. The van der Waals surface area contributed by atoms with E-state index in [0.717, 1.165) is 11.8 Å². The minimum atomic E-state index is -1.29. The second-order valence-electron chi connectivity index (χ2n) is 3.75. The van der Waals surface area contributed by atoms with Crippen molar-refractivity contribution in [1.29, 1.82) is 0 Å². The number of nitrogens with zero attached hydrogens (tertiary/aromatic N) is 1. The Labute approximate surface area is 112 Å². The first kappa shape index (κ1) is 13.3. The van der Waals surface area contributed by atoms with E-state index in [2.05, 4.69) is 10.3 Å². The Morgan fingerprint density at radius 1 is 1.32 bits per heavy atom. The van der Waals surface area contributed by atoms with Crippen molar-refractivity contribution >= 4 is 34.7 Å². The monoisotopic (exact) mass is 277 g/mol. The fraction of sp³-hybridized carbons (Fsp3) is 0.167. The van der Waals surface area contributed by atoms with Crippen LogP contribution in [0.3, 0.4) is 0 Å². The van der Waals surface area contributed by atoms with Crippen LogP contribution in [0.4, 0.5) is 0 Å². The molecule has 0 aromatic heterocycles. The van der Waals surface area contributed by atoms with Crippen molar-refractivity contribution in [1.82, 2.24) is 5.32 Å². The van der Waals surface area contributed by atoms with Gasteiger partial charge in [-0.2, -0.15) is 4.99 Å². The summed E-state index contributed by atoms with van der Waals surface area (Å²) in [5, 5.41) is 12.7. The molecule has 1 N–H and O–H groups in total. The molecule has 0 saturated carbocycles. The van der Waals surface area contributed by atoms with E-state index < -0.39 is 23.7 Å². The standard InChI is InChI=1S/C12H10N2O4S/c15-8(16)6-19-12-13-10(17)9(11(18)14-12)7-4-2-1-3-5-7/h1-5,9H,6H2,(H,15,16)(H,13,14,17,18)/p-1. The fourth-order valence-corrected chi connectivity index (χ4v) is 2.20. The van der Waals surface area contributed by atoms with Crippen molar-refractivity contribution in [2.75, 3.05) is 5.75 Å². The number of benzene rings is 1. The van der Waals surface area contributed by atoms with E-state index in [1.54, 1.807) is 30.3 Å². The average Bonchev–Trinajstić information content (AvgIpc) is 2.37. The Balaban J connectivity index is 2.17.